The Kier molecular flexibility index (Phi) is 9.64. The number of carbonyl (C=O) groups is 1. The van der Waals surface area contributed by atoms with Gasteiger partial charge in [0, 0.05) is 10.5 Å². The number of ether oxygens (including phenoxy) is 3. The number of carbonyl (C=O) groups excluding carboxylic acids is 1. The molecule has 1 aliphatic rings. The summed E-state index contributed by atoms with van der Waals surface area (Å²) in [6, 6.07) is 22.2. The van der Waals surface area contributed by atoms with Gasteiger partial charge in [0.2, 0.25) is 0 Å². The minimum Gasteiger partial charge on any atom is -0.490 e. The molecule has 0 unspecified atom stereocenters. The number of benzene rings is 3. The van der Waals surface area contributed by atoms with Gasteiger partial charge < -0.3 is 14.2 Å². The molecule has 2 heterocycles. The first-order chi connectivity index (χ1) is 21.0. The molecule has 0 radical (unpaired) electrons. The highest BCUT2D eigenvalue weighted by atomic mass is 32.2. The average molecular weight is 613 g/mol. The third-order valence-electron chi connectivity index (χ3n) is 6.73. The van der Waals surface area contributed by atoms with E-state index in [2.05, 4.69) is 6.58 Å². The number of esters is 1. The van der Waals surface area contributed by atoms with E-state index in [1.165, 1.54) is 11.3 Å². The number of thiazole rings is 1. The number of nitrogens with zero attached hydrogens (tertiary/aromatic N) is 2. The van der Waals surface area contributed by atoms with Gasteiger partial charge in [-0.25, -0.2) is 9.79 Å². The van der Waals surface area contributed by atoms with Crippen LogP contribution in [0.1, 0.15) is 36.6 Å². The number of rotatable bonds is 11. The molecule has 1 aromatic heterocycles. The van der Waals surface area contributed by atoms with Crippen molar-refractivity contribution in [1.29, 1.82) is 0 Å². The van der Waals surface area contributed by atoms with E-state index in [0.717, 1.165) is 21.6 Å². The zero-order valence-electron chi connectivity index (χ0n) is 24.2. The predicted octanol–water partition coefficient (Wildman–Crippen LogP) is 5.62. The summed E-state index contributed by atoms with van der Waals surface area (Å²) in [5, 5.41) is 0. The fourth-order valence-corrected chi connectivity index (χ4v) is 6.25. The van der Waals surface area contributed by atoms with Crippen molar-refractivity contribution < 1.29 is 19.0 Å². The van der Waals surface area contributed by atoms with E-state index < -0.39 is 12.0 Å². The molecule has 3 aromatic carbocycles. The van der Waals surface area contributed by atoms with Gasteiger partial charge in [-0.15, -0.1) is 11.8 Å². The van der Waals surface area contributed by atoms with Gasteiger partial charge in [0.1, 0.15) is 6.61 Å². The summed E-state index contributed by atoms with van der Waals surface area (Å²) in [6.07, 6.45) is 5.49. The van der Waals surface area contributed by atoms with Crippen molar-refractivity contribution >= 4 is 40.8 Å². The molecule has 1 atom stereocenters. The molecule has 4 aromatic rings. The molecule has 43 heavy (non-hydrogen) atoms. The van der Waals surface area contributed by atoms with Crippen LogP contribution in [0.5, 0.6) is 11.5 Å². The van der Waals surface area contributed by atoms with E-state index in [0.29, 0.717) is 45.3 Å². The first-order valence-electron chi connectivity index (χ1n) is 13.9. The summed E-state index contributed by atoms with van der Waals surface area (Å²) in [5.41, 5.74) is 2.90. The Hall–Kier alpha value is -4.34. The zero-order valence-corrected chi connectivity index (χ0v) is 25.9. The Labute approximate surface area is 258 Å². The Bertz CT molecular complexity index is 1840. The van der Waals surface area contributed by atoms with E-state index in [4.69, 9.17) is 19.2 Å². The maximum absolute atomic E-state index is 14.1. The molecule has 0 saturated carbocycles. The highest BCUT2D eigenvalue weighted by molar-refractivity contribution is 7.98. The lowest BCUT2D eigenvalue weighted by Gasteiger charge is -2.26. The minimum absolute atomic E-state index is 0.196. The lowest BCUT2D eigenvalue weighted by atomic mass is 9.93. The zero-order chi connectivity index (χ0) is 30.3. The van der Waals surface area contributed by atoms with Crippen LogP contribution >= 0.6 is 23.1 Å². The third-order valence-corrected chi connectivity index (χ3v) is 8.45. The maximum atomic E-state index is 14.1. The Morgan fingerprint density at radius 2 is 1.79 bits per heavy atom. The lowest BCUT2D eigenvalue weighted by molar-refractivity contribution is -0.138. The molecule has 0 aliphatic carbocycles. The van der Waals surface area contributed by atoms with Crippen LogP contribution in [0.25, 0.3) is 11.8 Å². The number of fused-ring (bicyclic) bond motifs is 1. The van der Waals surface area contributed by atoms with Crippen LogP contribution in [0, 0.1) is 0 Å². The van der Waals surface area contributed by atoms with Gasteiger partial charge >= 0.3 is 5.97 Å². The number of hydrogen-bond donors (Lipinski definition) is 0. The smallest absolute Gasteiger partial charge is 0.338 e. The summed E-state index contributed by atoms with van der Waals surface area (Å²) < 4.78 is 19.2. The minimum atomic E-state index is -0.725. The third kappa shape index (κ3) is 6.38. The molecule has 0 fully saturated rings. The van der Waals surface area contributed by atoms with Crippen LogP contribution in [0.4, 0.5) is 0 Å². The van der Waals surface area contributed by atoms with Gasteiger partial charge in [0.25, 0.3) is 5.56 Å². The van der Waals surface area contributed by atoms with Crippen molar-refractivity contribution in [3.8, 4) is 11.5 Å². The molecule has 0 bridgehead atoms. The molecule has 0 amide bonds. The van der Waals surface area contributed by atoms with Crippen LogP contribution < -0.4 is 24.4 Å². The number of hydrogen-bond acceptors (Lipinski definition) is 8. The summed E-state index contributed by atoms with van der Waals surface area (Å²) in [4.78, 5) is 34.3. The van der Waals surface area contributed by atoms with Crippen molar-refractivity contribution in [2.24, 2.45) is 4.99 Å². The Morgan fingerprint density at radius 3 is 2.47 bits per heavy atom. The van der Waals surface area contributed by atoms with Crippen LogP contribution in [0.3, 0.4) is 0 Å². The van der Waals surface area contributed by atoms with Crippen molar-refractivity contribution in [2.75, 3.05) is 26.1 Å². The normalized spacial score (nSPS) is 14.6. The monoisotopic (exact) mass is 612 g/mol. The highest BCUT2D eigenvalue weighted by Crippen LogP contribution is 2.36. The fourth-order valence-electron chi connectivity index (χ4n) is 4.84. The van der Waals surface area contributed by atoms with Gasteiger partial charge in [-0.05, 0) is 61.6 Å². The van der Waals surface area contributed by atoms with Crippen molar-refractivity contribution in [2.45, 2.75) is 24.8 Å². The largest absolute Gasteiger partial charge is 0.490 e. The van der Waals surface area contributed by atoms with Crippen molar-refractivity contribution in [1.82, 2.24) is 4.57 Å². The van der Waals surface area contributed by atoms with Gasteiger partial charge in [0.05, 0.1) is 35.1 Å². The van der Waals surface area contributed by atoms with Crippen LogP contribution in [-0.2, 0) is 9.53 Å². The second-order valence-corrected chi connectivity index (χ2v) is 11.3. The predicted molar refractivity (Wildman–Crippen MR) is 173 cm³/mol. The van der Waals surface area contributed by atoms with Crippen molar-refractivity contribution in [3.05, 3.63) is 127 Å². The molecular formula is C34H32N2O5S2. The molecule has 1 aliphatic heterocycles. The molecule has 0 N–H and O–H groups in total. The molecule has 0 saturated heterocycles. The average Bonchev–Trinajstić information content (AvgIpc) is 3.34. The van der Waals surface area contributed by atoms with Crippen molar-refractivity contribution in [3.63, 3.8) is 0 Å². The van der Waals surface area contributed by atoms with Gasteiger partial charge in [-0.3, -0.25) is 9.36 Å². The van der Waals surface area contributed by atoms with E-state index in [1.54, 1.807) is 29.3 Å². The molecule has 5 rings (SSSR count). The van der Waals surface area contributed by atoms with E-state index in [9.17, 15) is 9.59 Å². The second-order valence-electron chi connectivity index (χ2n) is 9.44. The fraction of sp³-hybridized carbons (Fsp3) is 0.206. The van der Waals surface area contributed by atoms with Crippen LogP contribution in [0.2, 0.25) is 0 Å². The molecule has 220 valence electrons. The Balaban J connectivity index is 1.74. The quantitative estimate of drug-likeness (QED) is 0.124. The van der Waals surface area contributed by atoms with Gasteiger partial charge in [-0.1, -0.05) is 72.5 Å². The lowest BCUT2D eigenvalue weighted by Crippen LogP contribution is -2.40. The van der Waals surface area contributed by atoms with Crippen LogP contribution in [0.15, 0.2) is 106 Å². The van der Waals surface area contributed by atoms with Gasteiger partial charge in [0.15, 0.2) is 16.3 Å². The van der Waals surface area contributed by atoms with E-state index in [1.807, 2.05) is 92.1 Å². The van der Waals surface area contributed by atoms with E-state index in [-0.39, 0.29) is 12.2 Å². The summed E-state index contributed by atoms with van der Waals surface area (Å²) in [6.45, 7) is 8.38. The first kappa shape index (κ1) is 30.1. The summed E-state index contributed by atoms with van der Waals surface area (Å²) in [5.74, 6) is 0.670. The topological polar surface area (TPSA) is 79.1 Å². The van der Waals surface area contributed by atoms with Gasteiger partial charge in [-0.2, -0.15) is 0 Å². The van der Waals surface area contributed by atoms with Crippen LogP contribution in [-0.4, -0.2) is 36.6 Å². The molecule has 0 spiro atoms. The number of aromatic nitrogens is 1. The van der Waals surface area contributed by atoms with E-state index >= 15 is 0 Å². The standard InChI is InChI=1S/C34H32N2O5S2/c1-5-19-41-26-18-13-22(20-27(26)39-6-2)21-28-32(37)36-31(24-14-16-25(42-4)17-15-24)29(33(38)40-7-3)30(35-34(36)43-28)23-11-9-8-10-12-23/h5,8-18,20-21,31H,1,6-7,19H2,2-4H3/b28-21-/t31-/m0/s1. The molecule has 7 nitrogen and oxygen atoms in total. The molecule has 9 heteroatoms. The maximum Gasteiger partial charge on any atom is 0.338 e. The second kappa shape index (κ2) is 13.8. The first-order valence-corrected chi connectivity index (χ1v) is 16.0. The highest BCUT2D eigenvalue weighted by Gasteiger charge is 2.35. The number of thioether (sulfide) groups is 1. The molecular weight excluding hydrogens is 581 g/mol. The Morgan fingerprint density at radius 1 is 1.02 bits per heavy atom. The summed E-state index contributed by atoms with van der Waals surface area (Å²) in [7, 11) is 0. The summed E-state index contributed by atoms with van der Waals surface area (Å²) >= 11 is 2.90. The SMILES string of the molecule is C=CCOc1ccc(/C=c2\sc3n(c2=O)[C@@H](c2ccc(SC)cc2)C(C(=O)OCC)=C(c2ccccc2)N=3)cc1OCC.